The highest BCUT2D eigenvalue weighted by molar-refractivity contribution is 6.09. The maximum absolute atomic E-state index is 12.2. The molecule has 0 spiro atoms. The van der Waals surface area contributed by atoms with E-state index in [-0.39, 0.29) is 17.1 Å². The Morgan fingerprint density at radius 3 is 2.48 bits per heavy atom. The fourth-order valence-corrected chi connectivity index (χ4v) is 2.22. The standard InChI is InChI=1S/C14H8F3NO3/c15-14(16,17)21-8-1-2-11-10(4-8)9-3-7(6-19)13(20)5-12(9)18-11/h1-6,18,20H. The van der Waals surface area contributed by atoms with Crippen molar-refractivity contribution in [2.45, 2.75) is 6.36 Å². The SMILES string of the molecule is O=Cc1cc2c(cc1O)[nH]c1ccc(OC(F)(F)F)cc12. The van der Waals surface area contributed by atoms with Crippen LogP contribution in [0, 0.1) is 0 Å². The number of nitrogens with one attached hydrogen (secondary N) is 1. The number of aromatic amines is 1. The monoisotopic (exact) mass is 295 g/mol. The van der Waals surface area contributed by atoms with Gasteiger partial charge in [-0.2, -0.15) is 0 Å². The number of hydrogen-bond donors (Lipinski definition) is 2. The quantitative estimate of drug-likeness (QED) is 0.708. The molecule has 2 N–H and O–H groups in total. The Morgan fingerprint density at radius 1 is 1.10 bits per heavy atom. The minimum Gasteiger partial charge on any atom is -0.507 e. The van der Waals surface area contributed by atoms with Crippen LogP contribution in [0.25, 0.3) is 21.8 Å². The van der Waals surface area contributed by atoms with Crippen molar-refractivity contribution >= 4 is 28.1 Å². The van der Waals surface area contributed by atoms with Gasteiger partial charge >= 0.3 is 6.36 Å². The average Bonchev–Trinajstić information content (AvgIpc) is 2.72. The molecule has 7 heteroatoms. The molecule has 2 aromatic carbocycles. The van der Waals surface area contributed by atoms with Crippen LogP contribution in [0.4, 0.5) is 13.2 Å². The number of ether oxygens (including phenoxy) is 1. The number of carbonyl (C=O) groups excluding carboxylic acids is 1. The van der Waals surface area contributed by atoms with E-state index in [4.69, 9.17) is 0 Å². The summed E-state index contributed by atoms with van der Waals surface area (Å²) in [4.78, 5) is 13.8. The van der Waals surface area contributed by atoms with Gasteiger partial charge in [0.25, 0.3) is 0 Å². The summed E-state index contributed by atoms with van der Waals surface area (Å²) in [6.07, 6.45) is -4.30. The number of aromatic hydroxyl groups is 1. The van der Waals surface area contributed by atoms with E-state index in [1.165, 1.54) is 30.3 Å². The third-order valence-electron chi connectivity index (χ3n) is 3.08. The highest BCUT2D eigenvalue weighted by Gasteiger charge is 2.31. The van der Waals surface area contributed by atoms with Crippen LogP contribution >= 0.6 is 0 Å². The van der Waals surface area contributed by atoms with Gasteiger partial charge in [0.05, 0.1) is 11.1 Å². The van der Waals surface area contributed by atoms with E-state index in [2.05, 4.69) is 9.72 Å². The number of alkyl halides is 3. The summed E-state index contributed by atoms with van der Waals surface area (Å²) in [5, 5.41) is 10.6. The topological polar surface area (TPSA) is 62.3 Å². The molecule has 1 heterocycles. The third kappa shape index (κ3) is 2.37. The van der Waals surface area contributed by atoms with E-state index < -0.39 is 6.36 Å². The van der Waals surface area contributed by atoms with Crippen LogP contribution in [0.2, 0.25) is 0 Å². The van der Waals surface area contributed by atoms with Crippen LogP contribution in [0.1, 0.15) is 10.4 Å². The largest absolute Gasteiger partial charge is 0.573 e. The molecular weight excluding hydrogens is 287 g/mol. The van der Waals surface area contributed by atoms with Crippen LogP contribution in [-0.2, 0) is 0 Å². The van der Waals surface area contributed by atoms with Crippen LogP contribution in [0.5, 0.6) is 11.5 Å². The lowest BCUT2D eigenvalue weighted by atomic mass is 10.1. The first kappa shape index (κ1) is 13.3. The van der Waals surface area contributed by atoms with Crippen LogP contribution < -0.4 is 4.74 Å². The van der Waals surface area contributed by atoms with Crippen molar-refractivity contribution in [2.24, 2.45) is 0 Å². The predicted octanol–water partition coefficient (Wildman–Crippen LogP) is 3.74. The first-order valence-corrected chi connectivity index (χ1v) is 5.87. The molecule has 0 bridgehead atoms. The summed E-state index contributed by atoms with van der Waals surface area (Å²) in [5.41, 5.74) is 1.14. The normalized spacial score (nSPS) is 12.0. The van der Waals surface area contributed by atoms with Crippen molar-refractivity contribution in [3.8, 4) is 11.5 Å². The second-order valence-corrected chi connectivity index (χ2v) is 4.45. The molecule has 0 amide bonds. The fourth-order valence-electron chi connectivity index (χ4n) is 2.22. The summed E-state index contributed by atoms with van der Waals surface area (Å²) < 4.78 is 40.6. The Hall–Kier alpha value is -2.70. The Bertz CT molecular complexity index is 852. The zero-order valence-electron chi connectivity index (χ0n) is 10.4. The number of aldehydes is 1. The van der Waals surface area contributed by atoms with Gasteiger partial charge in [0.15, 0.2) is 6.29 Å². The van der Waals surface area contributed by atoms with Gasteiger partial charge in [-0.25, -0.2) is 0 Å². The molecule has 0 radical (unpaired) electrons. The van der Waals surface area contributed by atoms with E-state index in [0.717, 1.165) is 0 Å². The molecule has 0 aliphatic heterocycles. The van der Waals surface area contributed by atoms with Crippen LogP contribution in [-0.4, -0.2) is 22.7 Å². The molecule has 21 heavy (non-hydrogen) atoms. The lowest BCUT2D eigenvalue weighted by Crippen LogP contribution is -2.16. The zero-order chi connectivity index (χ0) is 15.2. The summed E-state index contributed by atoms with van der Waals surface area (Å²) in [6, 6.07) is 6.62. The molecule has 1 aromatic heterocycles. The number of rotatable bonds is 2. The highest BCUT2D eigenvalue weighted by atomic mass is 19.4. The molecule has 0 atom stereocenters. The van der Waals surface area contributed by atoms with Gasteiger partial charge in [0.1, 0.15) is 11.5 Å². The van der Waals surface area contributed by atoms with Gasteiger partial charge in [-0.1, -0.05) is 0 Å². The lowest BCUT2D eigenvalue weighted by molar-refractivity contribution is -0.274. The summed E-state index contributed by atoms with van der Waals surface area (Å²) in [7, 11) is 0. The Labute approximate surface area is 115 Å². The number of hydrogen-bond acceptors (Lipinski definition) is 3. The van der Waals surface area contributed by atoms with Gasteiger partial charge < -0.3 is 14.8 Å². The molecule has 0 fully saturated rings. The second-order valence-electron chi connectivity index (χ2n) is 4.45. The summed E-state index contributed by atoms with van der Waals surface area (Å²) in [6.45, 7) is 0. The first-order chi connectivity index (χ1) is 9.87. The maximum Gasteiger partial charge on any atom is 0.573 e. The molecule has 3 rings (SSSR count). The molecule has 3 aromatic rings. The van der Waals surface area contributed by atoms with Gasteiger partial charge in [-0.05, 0) is 24.3 Å². The zero-order valence-corrected chi connectivity index (χ0v) is 10.4. The van der Waals surface area contributed by atoms with E-state index in [9.17, 15) is 23.1 Å². The van der Waals surface area contributed by atoms with Gasteiger partial charge in [-0.15, -0.1) is 13.2 Å². The smallest absolute Gasteiger partial charge is 0.507 e. The molecule has 0 unspecified atom stereocenters. The molecule has 108 valence electrons. The van der Waals surface area contributed by atoms with E-state index in [0.29, 0.717) is 28.1 Å². The van der Waals surface area contributed by atoms with Crippen molar-refractivity contribution in [3.05, 3.63) is 35.9 Å². The highest BCUT2D eigenvalue weighted by Crippen LogP contribution is 2.33. The molecule has 0 saturated heterocycles. The van der Waals surface area contributed by atoms with Crippen LogP contribution in [0.3, 0.4) is 0 Å². The Balaban J connectivity index is 2.23. The van der Waals surface area contributed by atoms with Crippen molar-refractivity contribution in [2.75, 3.05) is 0 Å². The van der Waals surface area contributed by atoms with E-state index in [1.54, 1.807) is 0 Å². The third-order valence-corrected chi connectivity index (χ3v) is 3.08. The van der Waals surface area contributed by atoms with E-state index in [1.807, 2.05) is 0 Å². The summed E-state index contributed by atoms with van der Waals surface area (Å²) in [5.74, 6) is -0.549. The number of phenolic OH excluding ortho intramolecular Hbond substituents is 1. The van der Waals surface area contributed by atoms with Gasteiger partial charge in [0, 0.05) is 22.4 Å². The minimum absolute atomic E-state index is 0.0607. The molecule has 4 nitrogen and oxygen atoms in total. The average molecular weight is 295 g/mol. The number of benzene rings is 2. The second kappa shape index (κ2) is 4.41. The van der Waals surface area contributed by atoms with Gasteiger partial charge in [0.2, 0.25) is 0 Å². The van der Waals surface area contributed by atoms with Gasteiger partial charge in [-0.3, -0.25) is 4.79 Å². The van der Waals surface area contributed by atoms with Crippen molar-refractivity contribution in [1.82, 2.24) is 4.98 Å². The van der Waals surface area contributed by atoms with E-state index >= 15 is 0 Å². The number of fused-ring (bicyclic) bond motifs is 3. The molecule has 0 aliphatic rings. The fraction of sp³-hybridized carbons (Fsp3) is 0.0714. The lowest BCUT2D eigenvalue weighted by Gasteiger charge is -2.08. The number of carbonyl (C=O) groups is 1. The number of halogens is 3. The van der Waals surface area contributed by atoms with Crippen molar-refractivity contribution < 1.29 is 27.8 Å². The molecular formula is C14H8F3NO3. The first-order valence-electron chi connectivity index (χ1n) is 5.87. The number of H-pyrrole nitrogens is 1. The Kier molecular flexibility index (Phi) is 2.79. The number of aromatic nitrogens is 1. The Morgan fingerprint density at radius 2 is 1.81 bits per heavy atom. The maximum atomic E-state index is 12.2. The minimum atomic E-state index is -4.77. The van der Waals surface area contributed by atoms with Crippen molar-refractivity contribution in [1.29, 1.82) is 0 Å². The van der Waals surface area contributed by atoms with Crippen molar-refractivity contribution in [3.63, 3.8) is 0 Å². The predicted molar refractivity (Wildman–Crippen MR) is 69.5 cm³/mol. The summed E-state index contributed by atoms with van der Waals surface area (Å²) >= 11 is 0. The number of phenols is 1. The van der Waals surface area contributed by atoms with Crippen LogP contribution in [0.15, 0.2) is 30.3 Å². The molecule has 0 saturated carbocycles. The molecule has 0 aliphatic carbocycles.